The van der Waals surface area contributed by atoms with Crippen LogP contribution in [0.3, 0.4) is 0 Å². The molecule has 1 saturated carbocycles. The Hall–Kier alpha value is -4.43. The maximum atomic E-state index is 12.8. The Labute approximate surface area is 448 Å². The Morgan fingerprint density at radius 2 is 0.756 bits per heavy atom. The maximum Gasteiger partial charge on any atom is 0.246 e. The summed E-state index contributed by atoms with van der Waals surface area (Å²) in [6.45, 7) is -0.128. The number of amides is 7. The molecular formula is C46H79N7O25. The van der Waals surface area contributed by atoms with Gasteiger partial charge >= 0.3 is 0 Å². The number of aliphatic hydroxyl groups excluding tert-OH is 9. The first kappa shape index (κ1) is 66.1. The SMILES string of the molecule is CC(=O)N[C@H]1[C@H](OCC(=O)NCCCOC2[C@H](OCCCNC(=O)CO[C@@H]3O[C@H](CO)[C@H](O)[C@H](O)[C@H]3NC(C)=O)CC(C(N)=O)C[C@H]2OCCCNC(=O)CO[C@@H]2O[C@H](CO)[C@H](O)[C@H](O)[C@H]2NC(C)=O)O[C@H](CO)[C@H](O)[C@@H]1O. The van der Waals surface area contributed by atoms with Crippen LogP contribution in [0.15, 0.2) is 0 Å². The molecule has 0 spiro atoms. The number of rotatable bonds is 31. The van der Waals surface area contributed by atoms with Gasteiger partial charge in [-0.1, -0.05) is 0 Å². The first-order valence-electron chi connectivity index (χ1n) is 25.6. The molecule has 32 heteroatoms. The van der Waals surface area contributed by atoms with Crippen molar-refractivity contribution in [1.29, 1.82) is 0 Å². The van der Waals surface area contributed by atoms with Crippen LogP contribution in [0.2, 0.25) is 0 Å². The van der Waals surface area contributed by atoms with Gasteiger partial charge in [-0.3, -0.25) is 33.6 Å². The van der Waals surface area contributed by atoms with Gasteiger partial charge in [0.15, 0.2) is 18.9 Å². The van der Waals surface area contributed by atoms with Crippen molar-refractivity contribution in [1.82, 2.24) is 31.9 Å². The fourth-order valence-electron chi connectivity index (χ4n) is 8.99. The second-order valence-electron chi connectivity index (χ2n) is 19.1. The van der Waals surface area contributed by atoms with E-state index in [4.69, 9.17) is 48.4 Å². The lowest BCUT2D eigenvalue weighted by molar-refractivity contribution is -0.268. The number of aliphatic hydroxyl groups is 9. The van der Waals surface area contributed by atoms with E-state index in [0.717, 1.165) is 20.8 Å². The number of hydrogen-bond donors (Lipinski definition) is 16. The van der Waals surface area contributed by atoms with Gasteiger partial charge in [-0.25, -0.2) is 0 Å². The van der Waals surface area contributed by atoms with Crippen molar-refractivity contribution >= 4 is 41.4 Å². The molecule has 3 aliphatic heterocycles. The van der Waals surface area contributed by atoms with Gasteiger partial charge in [-0.2, -0.15) is 0 Å². The van der Waals surface area contributed by atoms with E-state index < -0.39 is 197 Å². The van der Waals surface area contributed by atoms with Crippen LogP contribution in [0.5, 0.6) is 0 Å². The molecule has 17 atom stereocenters. The fourth-order valence-corrected chi connectivity index (χ4v) is 8.99. The monoisotopic (exact) mass is 1130 g/mol. The van der Waals surface area contributed by atoms with Gasteiger partial charge in [0.1, 0.15) is 99.0 Å². The van der Waals surface area contributed by atoms with Crippen molar-refractivity contribution < 1.29 is 122 Å². The Morgan fingerprint density at radius 1 is 0.462 bits per heavy atom. The lowest BCUT2D eigenvalue weighted by Crippen LogP contribution is -2.64. The van der Waals surface area contributed by atoms with Crippen LogP contribution in [0.25, 0.3) is 0 Å². The number of carbonyl (C=O) groups is 7. The Morgan fingerprint density at radius 3 is 1.03 bits per heavy atom. The van der Waals surface area contributed by atoms with E-state index in [2.05, 4.69) is 31.9 Å². The molecule has 32 nitrogen and oxygen atoms in total. The van der Waals surface area contributed by atoms with Crippen LogP contribution in [0.1, 0.15) is 52.9 Å². The Kier molecular flexibility index (Phi) is 28.3. The van der Waals surface area contributed by atoms with Gasteiger partial charge in [0.05, 0.1) is 32.0 Å². The molecule has 4 fully saturated rings. The van der Waals surface area contributed by atoms with E-state index in [-0.39, 0.29) is 71.6 Å². The topological polar surface area (TPSA) is 483 Å². The van der Waals surface area contributed by atoms with Crippen LogP contribution >= 0.6 is 0 Å². The predicted octanol–water partition coefficient (Wildman–Crippen LogP) is -9.56. The maximum absolute atomic E-state index is 12.8. The lowest BCUT2D eigenvalue weighted by atomic mass is 9.82. The summed E-state index contributed by atoms with van der Waals surface area (Å²) in [5.41, 5.74) is 5.78. The van der Waals surface area contributed by atoms with Gasteiger partial charge in [-0.05, 0) is 32.1 Å². The first-order valence-corrected chi connectivity index (χ1v) is 25.6. The summed E-state index contributed by atoms with van der Waals surface area (Å²) in [5.74, 6) is -4.98. The minimum Gasteiger partial charge on any atom is -0.394 e. The molecule has 0 unspecified atom stereocenters. The van der Waals surface area contributed by atoms with Crippen molar-refractivity contribution in [2.24, 2.45) is 11.7 Å². The minimum absolute atomic E-state index is 0.0164. The van der Waals surface area contributed by atoms with Crippen LogP contribution in [0.4, 0.5) is 0 Å². The third-order valence-electron chi connectivity index (χ3n) is 13.0. The summed E-state index contributed by atoms with van der Waals surface area (Å²) in [6.07, 6.45) is -18.9. The standard InChI is InChI=1S/C46H79N7O25/c1-21(57)51-33-39(66)36(63)27(15-54)76-44(33)73-18-30(60)48-7-4-10-70-25-13-24(43(47)69)14-26(71-11-5-8-49-31(61)19-74-45-34(52-22(2)58)40(67)37(64)28(16-55)77-45)42(25)72-12-6-9-50-32(62)20-75-46-35(53-23(3)59)41(68)38(65)29(17-56)78-46/h24-29,33-42,44-46,54-56,63-68H,4-20H2,1-3H3,(H2,47,69)(H,48,60)(H,49,61)(H,50,62)(H,51,57)(H,52,58)(H,53,59)/t24?,25-,26-,27-,28-,29-,33-,34-,35-,36+,37+,38+,39-,40-,41-,42?,44-,45-,46-/m1/s1. The van der Waals surface area contributed by atoms with Crippen molar-refractivity contribution in [2.75, 3.05) is 79.1 Å². The van der Waals surface area contributed by atoms with Crippen molar-refractivity contribution in [3.63, 3.8) is 0 Å². The number of primary amides is 1. The van der Waals surface area contributed by atoms with Gasteiger partial charge in [0.25, 0.3) is 0 Å². The summed E-state index contributed by atoms with van der Waals surface area (Å²) < 4.78 is 51.7. The van der Waals surface area contributed by atoms with Gasteiger partial charge < -0.3 is 126 Å². The summed E-state index contributed by atoms with van der Waals surface area (Å²) >= 11 is 0. The van der Waals surface area contributed by atoms with E-state index >= 15 is 0 Å². The predicted molar refractivity (Wildman–Crippen MR) is 258 cm³/mol. The van der Waals surface area contributed by atoms with E-state index in [1.165, 1.54) is 0 Å². The number of ether oxygens (including phenoxy) is 9. The molecule has 4 rings (SSSR count). The summed E-state index contributed by atoms with van der Waals surface area (Å²) in [4.78, 5) is 86.2. The first-order chi connectivity index (χ1) is 37.1. The molecule has 448 valence electrons. The van der Waals surface area contributed by atoms with E-state index in [0.29, 0.717) is 0 Å². The van der Waals surface area contributed by atoms with Crippen LogP contribution in [-0.2, 0) is 76.2 Å². The summed E-state index contributed by atoms with van der Waals surface area (Å²) in [7, 11) is 0. The van der Waals surface area contributed by atoms with Gasteiger partial charge in [-0.15, -0.1) is 0 Å². The third kappa shape index (κ3) is 20.3. The highest BCUT2D eigenvalue weighted by molar-refractivity contribution is 5.78. The molecule has 4 aliphatic rings. The van der Waals surface area contributed by atoms with E-state index in [1.54, 1.807) is 0 Å². The fraction of sp³-hybridized carbons (Fsp3) is 0.848. The van der Waals surface area contributed by atoms with Crippen LogP contribution < -0.4 is 37.6 Å². The molecule has 0 aromatic heterocycles. The van der Waals surface area contributed by atoms with E-state index in [1.807, 2.05) is 0 Å². The molecular weight excluding hydrogens is 1050 g/mol. The molecule has 3 saturated heterocycles. The quantitative estimate of drug-likeness (QED) is 0.0287. The van der Waals surface area contributed by atoms with Gasteiger partial charge in [0.2, 0.25) is 41.4 Å². The number of nitrogens with one attached hydrogen (secondary N) is 6. The highest BCUT2D eigenvalue weighted by Crippen LogP contribution is 2.32. The smallest absolute Gasteiger partial charge is 0.246 e. The van der Waals surface area contributed by atoms with Crippen LogP contribution in [0, 0.1) is 5.92 Å². The second kappa shape index (κ2) is 33.4. The Bertz CT molecular complexity index is 1830. The highest BCUT2D eigenvalue weighted by Gasteiger charge is 2.48. The van der Waals surface area contributed by atoms with Crippen molar-refractivity contribution in [2.45, 2.75) is 163 Å². The second-order valence-corrected chi connectivity index (χ2v) is 19.1. The minimum atomic E-state index is -1.58. The molecule has 1 aliphatic carbocycles. The molecule has 0 aromatic carbocycles. The number of nitrogens with two attached hydrogens (primary N) is 1. The third-order valence-corrected chi connectivity index (χ3v) is 13.0. The summed E-state index contributed by atoms with van der Waals surface area (Å²) in [6, 6.07) is -3.78. The lowest BCUT2D eigenvalue weighted by Gasteiger charge is -2.42. The number of hydrogen-bond acceptors (Lipinski definition) is 25. The summed E-state index contributed by atoms with van der Waals surface area (Å²) in [5, 5.41) is 106. The zero-order valence-corrected chi connectivity index (χ0v) is 43.6. The molecule has 0 bridgehead atoms. The average molecular weight is 1130 g/mol. The average Bonchev–Trinajstić information content (AvgIpc) is 3.42. The molecule has 3 heterocycles. The molecule has 78 heavy (non-hydrogen) atoms. The van der Waals surface area contributed by atoms with Crippen LogP contribution in [-0.4, -0.2) is 277 Å². The highest BCUT2D eigenvalue weighted by atomic mass is 16.7. The molecule has 17 N–H and O–H groups in total. The zero-order chi connectivity index (χ0) is 57.6. The van der Waals surface area contributed by atoms with Gasteiger partial charge in [0, 0.05) is 66.1 Å². The number of carbonyl (C=O) groups excluding carboxylic acids is 7. The van der Waals surface area contributed by atoms with E-state index in [9.17, 15) is 79.5 Å². The zero-order valence-electron chi connectivity index (χ0n) is 43.6. The normalized spacial score (nSPS) is 34.0. The Balaban J connectivity index is 1.32. The molecule has 0 aromatic rings. The molecule has 7 amide bonds. The van der Waals surface area contributed by atoms with Crippen molar-refractivity contribution in [3.05, 3.63) is 0 Å². The largest absolute Gasteiger partial charge is 0.394 e. The van der Waals surface area contributed by atoms with Crippen molar-refractivity contribution in [3.8, 4) is 0 Å². The molecule has 0 radical (unpaired) electrons.